The molecule has 3 aromatic carbocycles. The lowest BCUT2D eigenvalue weighted by Crippen LogP contribution is -2.47. The van der Waals surface area contributed by atoms with Gasteiger partial charge in [0.05, 0.1) is 11.3 Å². The lowest BCUT2D eigenvalue weighted by Gasteiger charge is -2.34. The van der Waals surface area contributed by atoms with Crippen LogP contribution in [0.15, 0.2) is 79.0 Å². The van der Waals surface area contributed by atoms with E-state index in [4.69, 9.17) is 0 Å². The number of carbonyl (C=O) groups excluding carboxylic acids is 1. The van der Waals surface area contributed by atoms with Crippen molar-refractivity contribution in [3.05, 3.63) is 102 Å². The van der Waals surface area contributed by atoms with E-state index in [-0.39, 0.29) is 11.3 Å². The molecule has 0 amide bonds. The summed E-state index contributed by atoms with van der Waals surface area (Å²) < 4.78 is 14.6. The molecule has 1 aliphatic heterocycles. The standard InChI is InChI=1S/C22H15FN2O2/c23-17-10-6-12-19-20(17)21(26)22(25(19)27,14-7-2-1-3-8-14)16-13-24-18-11-5-4-9-15(16)18/h1-13,24,27H/t22-/m0/s1. The number of nitrogens with one attached hydrogen (secondary N) is 1. The monoisotopic (exact) mass is 358 g/mol. The van der Waals surface area contributed by atoms with Crippen molar-refractivity contribution in [1.29, 1.82) is 0 Å². The number of anilines is 1. The predicted octanol–water partition coefficient (Wildman–Crippen LogP) is 4.64. The third kappa shape index (κ3) is 1.92. The molecular weight excluding hydrogens is 343 g/mol. The third-order valence-corrected chi connectivity index (χ3v) is 5.26. The molecule has 0 fully saturated rings. The molecule has 0 unspecified atom stereocenters. The molecule has 4 aromatic rings. The van der Waals surface area contributed by atoms with Crippen LogP contribution in [0, 0.1) is 5.82 Å². The minimum Gasteiger partial charge on any atom is -0.361 e. The number of benzene rings is 3. The molecule has 0 radical (unpaired) electrons. The maximum absolute atomic E-state index is 14.6. The van der Waals surface area contributed by atoms with Crippen molar-refractivity contribution in [3.63, 3.8) is 0 Å². The first-order valence-electron chi connectivity index (χ1n) is 8.60. The van der Waals surface area contributed by atoms with E-state index in [2.05, 4.69) is 4.98 Å². The number of carbonyl (C=O) groups is 1. The molecule has 132 valence electrons. The van der Waals surface area contributed by atoms with E-state index in [0.29, 0.717) is 11.1 Å². The number of aromatic amines is 1. The summed E-state index contributed by atoms with van der Waals surface area (Å²) in [6, 6.07) is 20.8. The van der Waals surface area contributed by atoms with Gasteiger partial charge in [0.15, 0.2) is 5.54 Å². The average molecular weight is 358 g/mol. The Labute approximate surface area is 154 Å². The van der Waals surface area contributed by atoms with E-state index in [9.17, 15) is 14.4 Å². The van der Waals surface area contributed by atoms with Gasteiger partial charge in [-0.1, -0.05) is 54.6 Å². The maximum atomic E-state index is 14.6. The van der Waals surface area contributed by atoms with Crippen molar-refractivity contribution < 1.29 is 14.4 Å². The minimum absolute atomic E-state index is 0.103. The number of fused-ring (bicyclic) bond motifs is 2. The first-order chi connectivity index (χ1) is 13.2. The number of H-pyrrole nitrogens is 1. The molecule has 2 N–H and O–H groups in total. The number of hydrogen-bond donors (Lipinski definition) is 2. The Morgan fingerprint density at radius 1 is 0.926 bits per heavy atom. The van der Waals surface area contributed by atoms with E-state index in [1.165, 1.54) is 12.1 Å². The summed E-state index contributed by atoms with van der Waals surface area (Å²) in [7, 11) is 0. The average Bonchev–Trinajstić information content (AvgIpc) is 3.22. The molecule has 0 saturated carbocycles. The van der Waals surface area contributed by atoms with Gasteiger partial charge in [-0.2, -0.15) is 0 Å². The Morgan fingerprint density at radius 3 is 2.44 bits per heavy atom. The number of hydroxylamine groups is 1. The van der Waals surface area contributed by atoms with Gasteiger partial charge in [0.25, 0.3) is 0 Å². The number of aromatic nitrogens is 1. The zero-order valence-electron chi connectivity index (χ0n) is 14.2. The van der Waals surface area contributed by atoms with Gasteiger partial charge in [0.2, 0.25) is 5.78 Å². The van der Waals surface area contributed by atoms with Crippen molar-refractivity contribution in [2.75, 3.05) is 5.06 Å². The van der Waals surface area contributed by atoms with Gasteiger partial charge in [0.1, 0.15) is 5.82 Å². The second-order valence-electron chi connectivity index (χ2n) is 6.60. The number of Topliss-reactive ketones (excluding diaryl/α,β-unsaturated/α-hetero) is 1. The SMILES string of the molecule is O=C1c2c(F)cccc2N(O)[C@@]1(c1ccccc1)c1c[nH]c2ccccc12. The van der Waals surface area contributed by atoms with Crippen LogP contribution < -0.4 is 5.06 Å². The predicted molar refractivity (Wildman–Crippen MR) is 101 cm³/mol. The van der Waals surface area contributed by atoms with E-state index in [1.54, 1.807) is 36.5 Å². The smallest absolute Gasteiger partial charge is 0.205 e. The van der Waals surface area contributed by atoms with Crippen LogP contribution in [0.4, 0.5) is 10.1 Å². The molecule has 1 aromatic heterocycles. The van der Waals surface area contributed by atoms with Crippen LogP contribution in [0.25, 0.3) is 10.9 Å². The normalized spacial score (nSPS) is 18.9. The summed E-state index contributed by atoms with van der Waals surface area (Å²) in [6.45, 7) is 0. The molecule has 4 nitrogen and oxygen atoms in total. The van der Waals surface area contributed by atoms with Crippen molar-refractivity contribution in [2.45, 2.75) is 5.54 Å². The Hall–Kier alpha value is -3.44. The summed E-state index contributed by atoms with van der Waals surface area (Å²) in [6.07, 6.45) is 1.71. The van der Waals surface area contributed by atoms with Crippen molar-refractivity contribution in [2.24, 2.45) is 0 Å². The van der Waals surface area contributed by atoms with Gasteiger partial charge in [-0.15, -0.1) is 0 Å². The Morgan fingerprint density at radius 2 is 1.67 bits per heavy atom. The highest BCUT2D eigenvalue weighted by molar-refractivity contribution is 6.17. The summed E-state index contributed by atoms with van der Waals surface area (Å²) in [5, 5.41) is 12.9. The quantitative estimate of drug-likeness (QED) is 0.549. The molecular formula is C22H15FN2O2. The van der Waals surface area contributed by atoms with Gasteiger partial charge >= 0.3 is 0 Å². The number of halogens is 1. The molecule has 0 spiro atoms. The molecule has 1 atom stereocenters. The third-order valence-electron chi connectivity index (χ3n) is 5.26. The van der Waals surface area contributed by atoms with E-state index >= 15 is 0 Å². The van der Waals surface area contributed by atoms with Gasteiger partial charge in [-0.05, 0) is 23.8 Å². The van der Waals surface area contributed by atoms with Crippen LogP contribution in [0.5, 0.6) is 0 Å². The zero-order valence-corrected chi connectivity index (χ0v) is 14.2. The number of rotatable bonds is 2. The fourth-order valence-corrected chi connectivity index (χ4v) is 4.07. The first-order valence-corrected chi connectivity index (χ1v) is 8.60. The highest BCUT2D eigenvalue weighted by Gasteiger charge is 2.56. The summed E-state index contributed by atoms with van der Waals surface area (Å²) in [5.74, 6) is -1.14. The van der Waals surface area contributed by atoms with E-state index in [0.717, 1.165) is 16.0 Å². The first kappa shape index (κ1) is 15.8. The molecule has 0 aliphatic carbocycles. The molecule has 27 heavy (non-hydrogen) atoms. The Kier molecular flexibility index (Phi) is 3.23. The van der Waals surface area contributed by atoms with Crippen molar-refractivity contribution in [3.8, 4) is 0 Å². The summed E-state index contributed by atoms with van der Waals surface area (Å²) in [4.78, 5) is 16.8. The highest BCUT2D eigenvalue weighted by Crippen LogP contribution is 2.50. The van der Waals surface area contributed by atoms with Gasteiger partial charge < -0.3 is 4.98 Å². The highest BCUT2D eigenvalue weighted by atomic mass is 19.1. The van der Waals surface area contributed by atoms with Crippen LogP contribution >= 0.6 is 0 Å². The van der Waals surface area contributed by atoms with E-state index < -0.39 is 17.1 Å². The van der Waals surface area contributed by atoms with Crippen LogP contribution in [0.3, 0.4) is 0 Å². The van der Waals surface area contributed by atoms with Crippen LogP contribution in [0.2, 0.25) is 0 Å². The van der Waals surface area contributed by atoms with E-state index in [1.807, 2.05) is 30.3 Å². The minimum atomic E-state index is -1.56. The van der Waals surface area contributed by atoms with Gasteiger partial charge in [-0.25, -0.2) is 9.45 Å². The van der Waals surface area contributed by atoms with Gasteiger partial charge in [0, 0.05) is 22.7 Å². The molecule has 5 rings (SSSR count). The lowest BCUT2D eigenvalue weighted by atomic mass is 9.79. The fraction of sp³-hybridized carbons (Fsp3) is 0.0455. The molecule has 0 saturated heterocycles. The van der Waals surface area contributed by atoms with Crippen LogP contribution in [-0.2, 0) is 5.54 Å². The number of para-hydroxylation sites is 1. The zero-order chi connectivity index (χ0) is 18.6. The van der Waals surface area contributed by atoms with Crippen molar-refractivity contribution in [1.82, 2.24) is 4.98 Å². The van der Waals surface area contributed by atoms with Gasteiger partial charge in [-0.3, -0.25) is 10.0 Å². The molecule has 1 aliphatic rings. The van der Waals surface area contributed by atoms with Crippen LogP contribution in [-0.4, -0.2) is 16.0 Å². The summed E-state index contributed by atoms with van der Waals surface area (Å²) >= 11 is 0. The largest absolute Gasteiger partial charge is 0.361 e. The summed E-state index contributed by atoms with van der Waals surface area (Å²) in [5.41, 5.74) is 0.472. The van der Waals surface area contributed by atoms with Crippen LogP contribution in [0.1, 0.15) is 21.5 Å². The molecule has 5 heteroatoms. The topological polar surface area (TPSA) is 56.3 Å². The second-order valence-corrected chi connectivity index (χ2v) is 6.60. The maximum Gasteiger partial charge on any atom is 0.205 e. The second kappa shape index (κ2) is 5.53. The van der Waals surface area contributed by atoms with Crippen molar-refractivity contribution >= 4 is 22.4 Å². The molecule has 2 heterocycles. The number of nitrogens with zero attached hydrogens (tertiary/aromatic N) is 1. The number of ketones is 1. The Balaban J connectivity index is 1.90. The number of hydrogen-bond acceptors (Lipinski definition) is 3. The Bertz CT molecular complexity index is 1190. The molecule has 0 bridgehead atoms. The fourth-order valence-electron chi connectivity index (χ4n) is 4.07. The lowest BCUT2D eigenvalue weighted by molar-refractivity contribution is 0.0843.